The number of piperazine rings is 1. The van der Waals surface area contributed by atoms with Gasteiger partial charge in [0.25, 0.3) is 0 Å². The van der Waals surface area contributed by atoms with Crippen LogP contribution < -0.4 is 9.80 Å². The van der Waals surface area contributed by atoms with E-state index < -0.39 is 0 Å². The summed E-state index contributed by atoms with van der Waals surface area (Å²) in [6.07, 6.45) is 5.04. The minimum absolute atomic E-state index is 0.936. The number of hydrogen-bond donors (Lipinski definition) is 0. The van der Waals surface area contributed by atoms with Crippen LogP contribution in [-0.2, 0) is 0 Å². The third-order valence-electron chi connectivity index (χ3n) is 3.71. The van der Waals surface area contributed by atoms with Crippen LogP contribution in [0.2, 0.25) is 0 Å². The van der Waals surface area contributed by atoms with E-state index in [1.165, 1.54) is 0 Å². The average molecular weight is 298 g/mol. The lowest BCUT2D eigenvalue weighted by molar-refractivity contribution is 0.642. The second kappa shape index (κ2) is 5.25. The number of fused-ring (bicyclic) bond motifs is 1. The molecule has 0 aliphatic carbocycles. The van der Waals surface area contributed by atoms with Crippen LogP contribution in [0, 0.1) is 0 Å². The molecule has 0 N–H and O–H groups in total. The number of hydrogen-bond acceptors (Lipinski definition) is 7. The van der Waals surface area contributed by atoms with Crippen LogP contribution in [0.4, 0.5) is 11.6 Å². The molecule has 7 heteroatoms. The molecule has 0 bridgehead atoms. The summed E-state index contributed by atoms with van der Waals surface area (Å²) in [5, 5.41) is 3.22. The Hall–Kier alpha value is -2.28. The highest BCUT2D eigenvalue weighted by Crippen LogP contribution is 2.27. The maximum absolute atomic E-state index is 4.48. The second-order valence-electron chi connectivity index (χ2n) is 4.88. The smallest absolute Gasteiger partial charge is 0.140 e. The third kappa shape index (κ3) is 2.29. The first-order valence-electron chi connectivity index (χ1n) is 6.86. The Kier molecular flexibility index (Phi) is 3.11. The van der Waals surface area contributed by atoms with E-state index in [0.717, 1.165) is 48.0 Å². The van der Waals surface area contributed by atoms with Crippen LogP contribution >= 0.6 is 11.3 Å². The number of rotatable bonds is 2. The van der Waals surface area contributed by atoms with Crippen LogP contribution in [-0.4, -0.2) is 46.1 Å². The average Bonchev–Trinajstić information content (AvgIpc) is 3.04. The molecular weight excluding hydrogens is 284 g/mol. The fraction of sp³-hybridized carbons (Fsp3) is 0.286. The van der Waals surface area contributed by atoms with E-state index in [2.05, 4.69) is 41.2 Å². The molecule has 4 rings (SSSR count). The Balaban J connectivity index is 1.54. The van der Waals surface area contributed by atoms with Gasteiger partial charge in [-0.05, 0) is 17.5 Å². The van der Waals surface area contributed by atoms with E-state index in [1.54, 1.807) is 30.2 Å². The van der Waals surface area contributed by atoms with Gasteiger partial charge in [0.05, 0.1) is 5.39 Å². The summed E-state index contributed by atoms with van der Waals surface area (Å²) in [6, 6.07) is 4.06. The minimum Gasteiger partial charge on any atom is -0.353 e. The zero-order valence-electron chi connectivity index (χ0n) is 11.4. The SMILES string of the molecule is c1cc(N2CCN(c3ncnc4sccc34)CC2)ncn1. The largest absolute Gasteiger partial charge is 0.353 e. The highest BCUT2D eigenvalue weighted by atomic mass is 32.1. The van der Waals surface area contributed by atoms with Gasteiger partial charge in [0.1, 0.15) is 29.1 Å². The maximum Gasteiger partial charge on any atom is 0.140 e. The molecule has 1 saturated heterocycles. The zero-order valence-corrected chi connectivity index (χ0v) is 12.2. The molecule has 1 aliphatic heterocycles. The van der Waals surface area contributed by atoms with Gasteiger partial charge < -0.3 is 9.80 Å². The summed E-state index contributed by atoms with van der Waals surface area (Å²) < 4.78 is 0. The Morgan fingerprint density at radius 3 is 2.57 bits per heavy atom. The highest BCUT2D eigenvalue weighted by Gasteiger charge is 2.20. The fourth-order valence-electron chi connectivity index (χ4n) is 2.65. The summed E-state index contributed by atoms with van der Waals surface area (Å²) in [6.45, 7) is 3.75. The van der Waals surface area contributed by atoms with Crippen molar-refractivity contribution >= 4 is 33.2 Å². The monoisotopic (exact) mass is 298 g/mol. The lowest BCUT2D eigenvalue weighted by Gasteiger charge is -2.36. The molecule has 0 spiro atoms. The van der Waals surface area contributed by atoms with Crippen molar-refractivity contribution in [1.82, 2.24) is 19.9 Å². The Bertz CT molecular complexity index is 735. The molecule has 0 radical (unpaired) electrons. The lowest BCUT2D eigenvalue weighted by atomic mass is 10.2. The number of aromatic nitrogens is 4. The quantitative estimate of drug-likeness (QED) is 0.719. The normalized spacial score (nSPS) is 15.6. The van der Waals surface area contributed by atoms with Crippen molar-refractivity contribution in [1.29, 1.82) is 0 Å². The van der Waals surface area contributed by atoms with Gasteiger partial charge in [-0.1, -0.05) is 0 Å². The van der Waals surface area contributed by atoms with Crippen LogP contribution in [0.5, 0.6) is 0 Å². The molecule has 4 heterocycles. The van der Waals surface area contributed by atoms with Crippen molar-refractivity contribution in [2.75, 3.05) is 36.0 Å². The fourth-order valence-corrected chi connectivity index (χ4v) is 3.37. The molecule has 1 fully saturated rings. The molecule has 106 valence electrons. The summed E-state index contributed by atoms with van der Waals surface area (Å²) in [7, 11) is 0. The van der Waals surface area contributed by atoms with Crippen LogP contribution in [0.25, 0.3) is 10.2 Å². The number of nitrogens with zero attached hydrogens (tertiary/aromatic N) is 6. The predicted octanol–water partition coefficient (Wildman–Crippen LogP) is 1.81. The van der Waals surface area contributed by atoms with E-state index >= 15 is 0 Å². The van der Waals surface area contributed by atoms with E-state index in [1.807, 2.05) is 6.07 Å². The Morgan fingerprint density at radius 1 is 0.905 bits per heavy atom. The van der Waals surface area contributed by atoms with E-state index in [-0.39, 0.29) is 0 Å². The molecule has 6 nitrogen and oxygen atoms in total. The molecule has 0 amide bonds. The summed E-state index contributed by atoms with van der Waals surface area (Å²) >= 11 is 1.66. The Morgan fingerprint density at radius 2 is 1.76 bits per heavy atom. The molecule has 1 aliphatic rings. The molecule has 0 unspecified atom stereocenters. The van der Waals surface area contributed by atoms with Gasteiger partial charge in [0, 0.05) is 32.4 Å². The number of anilines is 2. The van der Waals surface area contributed by atoms with Gasteiger partial charge in [0.2, 0.25) is 0 Å². The van der Waals surface area contributed by atoms with Crippen molar-refractivity contribution < 1.29 is 0 Å². The van der Waals surface area contributed by atoms with Crippen molar-refractivity contribution in [3.63, 3.8) is 0 Å². The van der Waals surface area contributed by atoms with Gasteiger partial charge in [-0.15, -0.1) is 11.3 Å². The highest BCUT2D eigenvalue weighted by molar-refractivity contribution is 7.16. The molecule has 0 aromatic carbocycles. The number of thiophene rings is 1. The topological polar surface area (TPSA) is 58.0 Å². The molecule has 3 aromatic heterocycles. The van der Waals surface area contributed by atoms with Gasteiger partial charge in [0.15, 0.2) is 0 Å². The molecule has 0 atom stereocenters. The standard InChI is InChI=1S/C14H14N6S/c1-3-15-9-16-12(1)19-4-6-20(7-5-19)13-11-2-8-21-14(11)18-10-17-13/h1-3,8-10H,4-7H2. The zero-order chi connectivity index (χ0) is 14.1. The first kappa shape index (κ1) is 12.5. The summed E-state index contributed by atoms with van der Waals surface area (Å²) in [5.41, 5.74) is 0. The van der Waals surface area contributed by atoms with E-state index in [4.69, 9.17) is 0 Å². The first-order valence-corrected chi connectivity index (χ1v) is 7.74. The molecular formula is C14H14N6S. The predicted molar refractivity (Wildman–Crippen MR) is 83.9 cm³/mol. The van der Waals surface area contributed by atoms with E-state index in [0.29, 0.717) is 0 Å². The van der Waals surface area contributed by atoms with Crippen LogP contribution in [0.1, 0.15) is 0 Å². The molecule has 3 aromatic rings. The van der Waals surface area contributed by atoms with E-state index in [9.17, 15) is 0 Å². The van der Waals surface area contributed by atoms with Gasteiger partial charge >= 0.3 is 0 Å². The van der Waals surface area contributed by atoms with Crippen molar-refractivity contribution in [3.8, 4) is 0 Å². The summed E-state index contributed by atoms with van der Waals surface area (Å²) in [4.78, 5) is 22.7. The first-order chi connectivity index (χ1) is 10.4. The van der Waals surface area contributed by atoms with Gasteiger partial charge in [-0.3, -0.25) is 0 Å². The van der Waals surface area contributed by atoms with Crippen LogP contribution in [0.15, 0.2) is 36.4 Å². The second-order valence-corrected chi connectivity index (χ2v) is 5.77. The molecule has 21 heavy (non-hydrogen) atoms. The van der Waals surface area contributed by atoms with Crippen molar-refractivity contribution in [2.24, 2.45) is 0 Å². The summed E-state index contributed by atoms with van der Waals surface area (Å²) in [5.74, 6) is 2.04. The minimum atomic E-state index is 0.936. The van der Waals surface area contributed by atoms with Crippen molar-refractivity contribution in [2.45, 2.75) is 0 Å². The third-order valence-corrected chi connectivity index (χ3v) is 4.53. The van der Waals surface area contributed by atoms with Crippen LogP contribution in [0.3, 0.4) is 0 Å². The van der Waals surface area contributed by atoms with Crippen molar-refractivity contribution in [3.05, 3.63) is 36.4 Å². The maximum atomic E-state index is 4.48. The molecule has 0 saturated carbocycles. The van der Waals surface area contributed by atoms with Gasteiger partial charge in [-0.25, -0.2) is 19.9 Å². The Labute approximate surface area is 126 Å². The lowest BCUT2D eigenvalue weighted by Crippen LogP contribution is -2.47. The van der Waals surface area contributed by atoms with Gasteiger partial charge in [-0.2, -0.15) is 0 Å².